The van der Waals surface area contributed by atoms with Crippen LogP contribution in [0.1, 0.15) is 19.3 Å². The molecule has 2 aliphatic rings. The SMILES string of the molecule is [CH2-]CC(O)COCCC1CO1.[CH2-]CC1CO1.[Y+3]. The van der Waals surface area contributed by atoms with E-state index in [2.05, 4.69) is 13.8 Å². The summed E-state index contributed by atoms with van der Waals surface area (Å²) in [6.45, 7) is 10.1. The van der Waals surface area contributed by atoms with Crippen LogP contribution in [-0.4, -0.2) is 49.8 Å². The van der Waals surface area contributed by atoms with Crippen molar-refractivity contribution in [2.45, 2.75) is 37.6 Å². The Hall–Kier alpha value is 0.944. The maximum absolute atomic E-state index is 9.02. The fraction of sp³-hybridized carbons (Fsp3) is 0.833. The zero-order chi connectivity index (χ0) is 11.8. The Balaban J connectivity index is 0.000000360. The van der Waals surface area contributed by atoms with E-state index in [9.17, 15) is 0 Å². The normalized spacial score (nSPS) is 26.3. The van der Waals surface area contributed by atoms with Crippen LogP contribution in [0, 0.1) is 13.8 Å². The standard InChI is InChI=1S/C8H15O3.C4H7O.Y/c1-2-7(9)5-10-4-3-8-6-11-8;1-2-4-3-5-4;/h7-9H,1-6H2;4H,1-3H2;/q2*-1;+3. The maximum atomic E-state index is 9.02. The summed E-state index contributed by atoms with van der Waals surface area (Å²) in [7, 11) is 0. The van der Waals surface area contributed by atoms with Crippen LogP contribution in [-0.2, 0) is 46.9 Å². The van der Waals surface area contributed by atoms with Gasteiger partial charge in [0.05, 0.1) is 38.1 Å². The van der Waals surface area contributed by atoms with Gasteiger partial charge in [0.1, 0.15) is 0 Å². The average molecular weight is 319 g/mol. The van der Waals surface area contributed by atoms with E-state index in [-0.39, 0.29) is 32.7 Å². The fourth-order valence-corrected chi connectivity index (χ4v) is 0.987. The van der Waals surface area contributed by atoms with Crippen molar-refractivity contribution >= 4 is 0 Å². The van der Waals surface area contributed by atoms with E-state index in [1.165, 1.54) is 0 Å². The molecule has 0 saturated carbocycles. The Bertz CT molecular complexity index is 172. The molecule has 2 aliphatic heterocycles. The fourth-order valence-electron chi connectivity index (χ4n) is 0.987. The molecule has 2 rings (SSSR count). The second-order valence-corrected chi connectivity index (χ2v) is 4.01. The molecule has 4 nitrogen and oxygen atoms in total. The first-order chi connectivity index (χ1) is 7.76. The quantitative estimate of drug-likeness (QED) is 0.432. The second-order valence-electron chi connectivity index (χ2n) is 4.01. The number of aliphatic hydroxyl groups excluding tert-OH is 1. The molecule has 2 heterocycles. The van der Waals surface area contributed by atoms with Gasteiger partial charge in [-0.3, -0.25) is 0 Å². The molecule has 0 radical (unpaired) electrons. The number of hydrogen-bond acceptors (Lipinski definition) is 4. The van der Waals surface area contributed by atoms with Gasteiger partial charge in [-0.25, -0.2) is 0 Å². The topological polar surface area (TPSA) is 54.5 Å². The molecule has 2 saturated heterocycles. The average Bonchev–Trinajstić information content (AvgIpc) is 3.19. The van der Waals surface area contributed by atoms with Crippen LogP contribution in [0.4, 0.5) is 0 Å². The summed E-state index contributed by atoms with van der Waals surface area (Å²) in [6.07, 6.45) is 2.95. The van der Waals surface area contributed by atoms with Gasteiger partial charge in [0.25, 0.3) is 0 Å². The molecule has 96 valence electrons. The number of ether oxygens (including phenoxy) is 3. The summed E-state index contributed by atoms with van der Waals surface area (Å²) >= 11 is 0. The van der Waals surface area contributed by atoms with E-state index >= 15 is 0 Å². The Morgan fingerprint density at radius 3 is 2.18 bits per heavy atom. The third-order valence-corrected chi connectivity index (χ3v) is 2.35. The van der Waals surface area contributed by atoms with Gasteiger partial charge in [0, 0.05) is 6.61 Å². The van der Waals surface area contributed by atoms with Crippen molar-refractivity contribution in [1.82, 2.24) is 0 Å². The van der Waals surface area contributed by atoms with E-state index in [1.54, 1.807) is 0 Å². The van der Waals surface area contributed by atoms with Gasteiger partial charge >= 0.3 is 32.7 Å². The van der Waals surface area contributed by atoms with Crippen molar-refractivity contribution in [2.75, 3.05) is 26.4 Å². The van der Waals surface area contributed by atoms with Crippen molar-refractivity contribution in [3.63, 3.8) is 0 Å². The number of epoxide rings is 2. The van der Waals surface area contributed by atoms with Crippen LogP contribution in [0.15, 0.2) is 0 Å². The zero-order valence-electron chi connectivity index (χ0n) is 10.3. The maximum Gasteiger partial charge on any atom is 3.00 e. The van der Waals surface area contributed by atoms with E-state index < -0.39 is 6.10 Å². The summed E-state index contributed by atoms with van der Waals surface area (Å²) < 4.78 is 14.9. The molecule has 2 fully saturated rings. The zero-order valence-corrected chi connectivity index (χ0v) is 13.2. The number of hydrogen-bond donors (Lipinski definition) is 1. The Labute approximate surface area is 129 Å². The number of rotatable bonds is 7. The van der Waals surface area contributed by atoms with Gasteiger partial charge < -0.3 is 33.2 Å². The van der Waals surface area contributed by atoms with Gasteiger partial charge in [-0.05, 0) is 6.42 Å². The Kier molecular flexibility index (Phi) is 11.4. The molecule has 3 atom stereocenters. The van der Waals surface area contributed by atoms with Gasteiger partial charge in [0.2, 0.25) is 0 Å². The third-order valence-electron chi connectivity index (χ3n) is 2.35. The molecule has 0 aromatic heterocycles. The van der Waals surface area contributed by atoms with Crippen LogP contribution in [0.5, 0.6) is 0 Å². The molecule has 0 amide bonds. The molecule has 1 N–H and O–H groups in total. The molecule has 5 heteroatoms. The summed E-state index contributed by atoms with van der Waals surface area (Å²) in [5, 5.41) is 9.02. The van der Waals surface area contributed by atoms with Crippen molar-refractivity contribution in [3.05, 3.63) is 13.8 Å². The van der Waals surface area contributed by atoms with Gasteiger partial charge in [-0.1, -0.05) is 0 Å². The summed E-state index contributed by atoms with van der Waals surface area (Å²) in [5.41, 5.74) is 0. The van der Waals surface area contributed by atoms with E-state index in [0.29, 0.717) is 31.8 Å². The van der Waals surface area contributed by atoms with Crippen LogP contribution in [0.2, 0.25) is 0 Å². The number of aliphatic hydroxyl groups is 1. The summed E-state index contributed by atoms with van der Waals surface area (Å²) in [4.78, 5) is 0. The molecular formula is C12H22O4Y+. The monoisotopic (exact) mass is 319 g/mol. The molecule has 0 spiro atoms. The predicted octanol–water partition coefficient (Wildman–Crippen LogP) is 0.984. The van der Waals surface area contributed by atoms with Crippen LogP contribution in [0.25, 0.3) is 0 Å². The predicted molar refractivity (Wildman–Crippen MR) is 60.9 cm³/mol. The van der Waals surface area contributed by atoms with E-state index in [0.717, 1.165) is 26.1 Å². The van der Waals surface area contributed by atoms with Gasteiger partial charge in [-0.2, -0.15) is 12.8 Å². The molecule has 0 aromatic carbocycles. The van der Waals surface area contributed by atoms with Crippen molar-refractivity contribution in [1.29, 1.82) is 0 Å². The first-order valence-corrected chi connectivity index (χ1v) is 5.83. The minimum absolute atomic E-state index is 0. The first kappa shape index (κ1) is 17.9. The Morgan fingerprint density at radius 1 is 1.24 bits per heavy atom. The molecule has 0 aromatic rings. The molecule has 0 bridgehead atoms. The largest absolute Gasteiger partial charge is 3.00 e. The molecular weight excluding hydrogens is 297 g/mol. The van der Waals surface area contributed by atoms with E-state index in [1.807, 2.05) is 0 Å². The van der Waals surface area contributed by atoms with E-state index in [4.69, 9.17) is 19.3 Å². The summed E-state index contributed by atoms with van der Waals surface area (Å²) in [5.74, 6) is 0. The second kappa shape index (κ2) is 10.8. The Morgan fingerprint density at radius 2 is 1.82 bits per heavy atom. The van der Waals surface area contributed by atoms with Crippen molar-refractivity contribution < 1.29 is 52.0 Å². The molecule has 17 heavy (non-hydrogen) atoms. The first-order valence-electron chi connectivity index (χ1n) is 5.83. The van der Waals surface area contributed by atoms with Crippen LogP contribution >= 0.6 is 0 Å². The minimum Gasteiger partial charge on any atom is -0.393 e. The van der Waals surface area contributed by atoms with Crippen LogP contribution in [0.3, 0.4) is 0 Å². The smallest absolute Gasteiger partial charge is 0.393 e. The van der Waals surface area contributed by atoms with Gasteiger partial charge in [0.15, 0.2) is 0 Å². The minimum atomic E-state index is -0.407. The van der Waals surface area contributed by atoms with Crippen molar-refractivity contribution in [3.8, 4) is 0 Å². The van der Waals surface area contributed by atoms with Gasteiger partial charge in [-0.15, -0.1) is 0 Å². The molecule has 3 unspecified atom stereocenters. The van der Waals surface area contributed by atoms with Crippen molar-refractivity contribution in [2.24, 2.45) is 0 Å². The third kappa shape index (κ3) is 11.8. The summed E-state index contributed by atoms with van der Waals surface area (Å²) in [6, 6.07) is 0. The molecule has 0 aliphatic carbocycles. The van der Waals surface area contributed by atoms with Crippen LogP contribution < -0.4 is 0 Å².